The Morgan fingerprint density at radius 3 is 2.64 bits per heavy atom. The van der Waals surface area contributed by atoms with Crippen LogP contribution in [0, 0.1) is 13.8 Å². The summed E-state index contributed by atoms with van der Waals surface area (Å²) in [6.45, 7) is 3.48. The lowest BCUT2D eigenvalue weighted by Crippen LogP contribution is -2.06. The zero-order chi connectivity index (χ0) is 16.3. The molecule has 0 aliphatic heterocycles. The second-order valence-corrected chi connectivity index (χ2v) is 5.49. The molecule has 2 aromatic rings. The van der Waals surface area contributed by atoms with Gasteiger partial charge in [0.15, 0.2) is 0 Å². The lowest BCUT2D eigenvalue weighted by Gasteiger charge is -2.08. The molecular formula is C13H14N5O3S-. The maximum absolute atomic E-state index is 11.8. The third kappa shape index (κ3) is 3.62. The predicted octanol–water partition coefficient (Wildman–Crippen LogP) is 0.545. The number of hydrogen-bond donors (Lipinski definition) is 1. The molecule has 0 aliphatic rings. The van der Waals surface area contributed by atoms with Crippen molar-refractivity contribution < 1.29 is 8.76 Å². The highest BCUT2D eigenvalue weighted by Crippen LogP contribution is 2.19. The fourth-order valence-electron chi connectivity index (χ4n) is 1.63. The molecule has 0 amide bonds. The van der Waals surface area contributed by atoms with Gasteiger partial charge in [0.1, 0.15) is 12.0 Å². The smallest absolute Gasteiger partial charge is 0.269 e. The van der Waals surface area contributed by atoms with E-state index in [2.05, 4.69) is 20.1 Å². The Morgan fingerprint density at radius 1 is 1.23 bits per heavy atom. The van der Waals surface area contributed by atoms with Crippen LogP contribution < -0.4 is 5.56 Å². The van der Waals surface area contributed by atoms with E-state index >= 15 is 0 Å². The minimum Gasteiger partial charge on any atom is -0.768 e. The van der Waals surface area contributed by atoms with E-state index in [1.54, 1.807) is 20.9 Å². The van der Waals surface area contributed by atoms with Gasteiger partial charge in [-0.3, -0.25) is 18.7 Å². The lowest BCUT2D eigenvalue weighted by atomic mass is 10.2. The molecule has 2 aromatic heterocycles. The number of H-pyrrole nitrogens is 1. The molecule has 1 atom stereocenters. The molecule has 1 N–H and O–H groups in total. The maximum Gasteiger partial charge on any atom is 0.269 e. The van der Waals surface area contributed by atoms with E-state index < -0.39 is 16.6 Å². The molecule has 0 aromatic carbocycles. The van der Waals surface area contributed by atoms with Crippen LogP contribution in [0.2, 0.25) is 0 Å². The molecule has 0 bridgehead atoms. The first-order valence-electron chi connectivity index (χ1n) is 6.28. The fraction of sp³-hybridized carbons (Fsp3) is 0.231. The van der Waals surface area contributed by atoms with E-state index in [0.29, 0.717) is 17.0 Å². The monoisotopic (exact) mass is 320 g/mol. The number of nitrogens with one attached hydrogen (secondary N) is 1. The van der Waals surface area contributed by atoms with Gasteiger partial charge in [0, 0.05) is 29.4 Å². The van der Waals surface area contributed by atoms with Crippen molar-refractivity contribution in [2.75, 3.05) is 0 Å². The van der Waals surface area contributed by atoms with Gasteiger partial charge in [0.2, 0.25) is 0 Å². The van der Waals surface area contributed by atoms with Gasteiger partial charge in [0.05, 0.1) is 11.9 Å². The van der Waals surface area contributed by atoms with Crippen LogP contribution in [0.25, 0.3) is 11.4 Å². The number of aryl methyl sites for hydroxylation is 3. The number of hydrogen-bond acceptors (Lipinski definition) is 6. The second-order valence-electron chi connectivity index (χ2n) is 4.54. The average Bonchev–Trinajstić information content (AvgIpc) is 2.53. The Morgan fingerprint density at radius 2 is 1.95 bits per heavy atom. The molecule has 0 fully saturated rings. The summed E-state index contributed by atoms with van der Waals surface area (Å²) in [6, 6.07) is 1.41. The number of aromatic amines is 1. The topological polar surface area (TPSA) is 117 Å². The molecule has 2 heterocycles. The van der Waals surface area contributed by atoms with E-state index in [9.17, 15) is 13.6 Å². The van der Waals surface area contributed by atoms with Gasteiger partial charge >= 0.3 is 0 Å². The summed E-state index contributed by atoms with van der Waals surface area (Å²) in [6.07, 6.45) is 3.89. The van der Waals surface area contributed by atoms with Crippen LogP contribution in [0.5, 0.6) is 0 Å². The van der Waals surface area contributed by atoms with Crippen molar-refractivity contribution in [2.24, 2.45) is 7.05 Å². The van der Waals surface area contributed by atoms with E-state index in [4.69, 9.17) is 0 Å². The number of pyridine rings is 1. The van der Waals surface area contributed by atoms with Crippen LogP contribution in [0.4, 0.5) is 0 Å². The normalized spacial score (nSPS) is 11.8. The highest BCUT2D eigenvalue weighted by atomic mass is 32.2. The molecule has 0 aliphatic carbocycles. The van der Waals surface area contributed by atoms with Crippen molar-refractivity contribution in [3.63, 3.8) is 0 Å². The molecule has 0 saturated heterocycles. The van der Waals surface area contributed by atoms with Crippen molar-refractivity contribution in [3.05, 3.63) is 46.4 Å². The van der Waals surface area contributed by atoms with Gasteiger partial charge < -0.3 is 9.54 Å². The Labute approximate surface area is 128 Å². The molecule has 0 radical (unpaired) electrons. The third-order valence-electron chi connectivity index (χ3n) is 2.99. The van der Waals surface area contributed by atoms with Gasteiger partial charge in [-0.1, -0.05) is 0 Å². The zero-order valence-electron chi connectivity index (χ0n) is 12.2. The van der Waals surface area contributed by atoms with Gasteiger partial charge in [-0.15, -0.1) is 0 Å². The Hall–Kier alpha value is -2.39. The molecule has 8 nitrogen and oxygen atoms in total. The van der Waals surface area contributed by atoms with E-state index in [1.165, 1.54) is 23.1 Å². The number of rotatable bonds is 2. The first kappa shape index (κ1) is 16.0. The summed E-state index contributed by atoms with van der Waals surface area (Å²) in [5.74, 6) is 0.211. The first-order chi connectivity index (χ1) is 10.4. The summed E-state index contributed by atoms with van der Waals surface area (Å²) in [5.41, 5.74) is 1.21. The third-order valence-corrected chi connectivity index (χ3v) is 3.60. The summed E-state index contributed by atoms with van der Waals surface area (Å²) < 4.78 is 23.7. The molecule has 0 saturated carbocycles. The highest BCUT2D eigenvalue weighted by Gasteiger charge is 2.07. The quantitative estimate of drug-likeness (QED) is 0.807. The Bertz CT molecular complexity index is 842. The van der Waals surface area contributed by atoms with Gasteiger partial charge in [-0.2, -0.15) is 5.10 Å². The SMILES string of the molecule is Cc1ncc(S(=O)[O-])cc1-c1ncc(C)n(C)ncc(=O)[nH]1. The van der Waals surface area contributed by atoms with Crippen molar-refractivity contribution >= 4 is 11.1 Å². The summed E-state index contributed by atoms with van der Waals surface area (Å²) >= 11 is -2.41. The molecular weight excluding hydrogens is 306 g/mol. The average molecular weight is 320 g/mol. The van der Waals surface area contributed by atoms with Gasteiger partial charge in [-0.05, 0) is 31.0 Å². The van der Waals surface area contributed by atoms with Gasteiger partial charge in [-0.25, -0.2) is 4.98 Å². The molecule has 2 rings (SSSR count). The van der Waals surface area contributed by atoms with E-state index in [1.807, 2.05) is 0 Å². The predicted molar refractivity (Wildman–Crippen MR) is 79.1 cm³/mol. The minimum absolute atomic E-state index is 0.0175. The minimum atomic E-state index is -2.41. The number of nitrogens with zero attached hydrogens (tertiary/aromatic N) is 4. The van der Waals surface area contributed by atoms with Gasteiger partial charge in [0.25, 0.3) is 5.56 Å². The fourth-order valence-corrected chi connectivity index (χ4v) is 1.99. The van der Waals surface area contributed by atoms with Crippen molar-refractivity contribution in [1.82, 2.24) is 24.7 Å². The van der Waals surface area contributed by atoms with Crippen LogP contribution in [0.15, 0.2) is 34.3 Å². The maximum atomic E-state index is 11.8. The van der Waals surface area contributed by atoms with Crippen LogP contribution >= 0.6 is 0 Å². The number of aromatic nitrogens is 5. The van der Waals surface area contributed by atoms with Crippen LogP contribution in [0.1, 0.15) is 11.4 Å². The highest BCUT2D eigenvalue weighted by molar-refractivity contribution is 7.79. The van der Waals surface area contributed by atoms with E-state index in [0.717, 1.165) is 6.20 Å². The standard InChI is InChI=1S/C13H15N5O3S/c1-8-5-15-13(17-12(19)7-16-18(8)3)11-4-10(22(20)21)6-14-9(11)2/h4-7H,1-3H3,(H,20,21)(H,15,17,19)/p-1. The molecule has 22 heavy (non-hydrogen) atoms. The van der Waals surface area contributed by atoms with Crippen LogP contribution in [-0.4, -0.2) is 33.5 Å². The Balaban J connectivity index is 2.77. The Kier molecular flexibility index (Phi) is 4.78. The van der Waals surface area contributed by atoms with Crippen LogP contribution in [0.3, 0.4) is 0 Å². The molecule has 116 valence electrons. The summed E-state index contributed by atoms with van der Waals surface area (Å²) in [7, 11) is 1.68. The second kappa shape index (κ2) is 6.58. The zero-order valence-corrected chi connectivity index (χ0v) is 13.0. The summed E-state index contributed by atoms with van der Waals surface area (Å²) in [5, 5.41) is 3.94. The van der Waals surface area contributed by atoms with Crippen LogP contribution in [-0.2, 0) is 18.1 Å². The van der Waals surface area contributed by atoms with Crippen molar-refractivity contribution in [2.45, 2.75) is 18.7 Å². The molecule has 1 unspecified atom stereocenters. The molecule has 0 spiro atoms. The summed E-state index contributed by atoms with van der Waals surface area (Å²) in [4.78, 5) is 22.7. The van der Waals surface area contributed by atoms with Crippen molar-refractivity contribution in [1.29, 1.82) is 0 Å². The lowest BCUT2D eigenvalue weighted by molar-refractivity contribution is 0.536. The van der Waals surface area contributed by atoms with E-state index in [-0.39, 0.29) is 10.7 Å². The first-order valence-corrected chi connectivity index (χ1v) is 7.35. The molecule has 9 heteroatoms. The van der Waals surface area contributed by atoms with Crippen molar-refractivity contribution in [3.8, 4) is 11.4 Å². The largest absolute Gasteiger partial charge is 0.768 e.